The Kier molecular flexibility index (Phi) is 4.78. The van der Waals surface area contributed by atoms with Crippen LogP contribution in [0.4, 0.5) is 32.0 Å². The molecule has 1 N–H and O–H groups in total. The van der Waals surface area contributed by atoms with E-state index < -0.39 is 39.2 Å². The molecule has 3 rings (SSSR count). The zero-order valence-corrected chi connectivity index (χ0v) is 14.6. The highest BCUT2D eigenvalue weighted by molar-refractivity contribution is 7.92. The first-order valence-corrected chi connectivity index (χ1v) is 9.16. The summed E-state index contributed by atoms with van der Waals surface area (Å²) in [6.45, 7) is 0. The fraction of sp³-hybridized carbons (Fsp3) is 0.111. The van der Waals surface area contributed by atoms with Crippen molar-refractivity contribution in [3.8, 4) is 0 Å². The number of nitrogens with one attached hydrogen (secondary N) is 1. The molecule has 0 aliphatic rings. The van der Waals surface area contributed by atoms with Crippen LogP contribution in [0.3, 0.4) is 0 Å². The van der Waals surface area contributed by atoms with Gasteiger partial charge in [0.2, 0.25) is 0 Å². The van der Waals surface area contributed by atoms with E-state index in [0.29, 0.717) is 17.5 Å². The van der Waals surface area contributed by atoms with E-state index in [1.54, 1.807) is 29.0 Å². The van der Waals surface area contributed by atoms with Gasteiger partial charge in [-0.1, -0.05) is 30.3 Å². The van der Waals surface area contributed by atoms with Crippen molar-refractivity contribution in [3.63, 3.8) is 0 Å². The Balaban J connectivity index is 2.05. The average Bonchev–Trinajstić information content (AvgIpc) is 2.59. The summed E-state index contributed by atoms with van der Waals surface area (Å²) >= 11 is 0. The van der Waals surface area contributed by atoms with Gasteiger partial charge in [-0.2, -0.15) is 26.3 Å². The average molecular weight is 419 g/mol. The maximum absolute atomic E-state index is 12.9. The lowest BCUT2D eigenvalue weighted by atomic mass is 10.1. The van der Waals surface area contributed by atoms with E-state index in [4.69, 9.17) is 0 Å². The number of benzene rings is 3. The number of hydrogen-bond donors (Lipinski definition) is 1. The van der Waals surface area contributed by atoms with Crippen LogP contribution >= 0.6 is 0 Å². The Bertz CT molecular complexity index is 1100. The molecule has 0 aliphatic carbocycles. The second-order valence-corrected chi connectivity index (χ2v) is 7.59. The highest BCUT2D eigenvalue weighted by Gasteiger charge is 2.37. The van der Waals surface area contributed by atoms with Crippen LogP contribution in [0.15, 0.2) is 65.6 Å². The number of alkyl halides is 6. The minimum atomic E-state index is -5.08. The van der Waals surface area contributed by atoms with Gasteiger partial charge in [-0.3, -0.25) is 4.72 Å². The van der Waals surface area contributed by atoms with Crippen molar-refractivity contribution in [1.29, 1.82) is 0 Å². The van der Waals surface area contributed by atoms with Gasteiger partial charge in [-0.15, -0.1) is 0 Å². The van der Waals surface area contributed by atoms with E-state index in [1.807, 2.05) is 0 Å². The Morgan fingerprint density at radius 2 is 1.21 bits per heavy atom. The van der Waals surface area contributed by atoms with Crippen molar-refractivity contribution < 1.29 is 34.8 Å². The van der Waals surface area contributed by atoms with Gasteiger partial charge in [0.15, 0.2) is 0 Å². The highest BCUT2D eigenvalue weighted by atomic mass is 32.2. The number of anilines is 1. The molecule has 10 heteroatoms. The molecule has 0 radical (unpaired) electrons. The van der Waals surface area contributed by atoms with Crippen molar-refractivity contribution in [2.24, 2.45) is 0 Å². The predicted octanol–water partition coefficient (Wildman–Crippen LogP) is 5.68. The molecule has 3 aromatic carbocycles. The van der Waals surface area contributed by atoms with Crippen LogP contribution in [0.2, 0.25) is 0 Å². The number of hydrogen-bond acceptors (Lipinski definition) is 2. The molecule has 0 bridgehead atoms. The molecule has 0 saturated carbocycles. The summed E-state index contributed by atoms with van der Waals surface area (Å²) < 4.78 is 104. The van der Waals surface area contributed by atoms with Crippen molar-refractivity contribution in [1.82, 2.24) is 0 Å². The quantitative estimate of drug-likeness (QED) is 0.556. The SMILES string of the molecule is O=S(=O)(Nc1cc(C(F)(F)F)cc(C(F)(F)F)c1)c1ccc2ccccc2c1. The normalized spacial score (nSPS) is 12.9. The standard InChI is InChI=1S/C18H11F6NO2S/c19-17(20,21)13-8-14(18(22,23)24)10-15(9-13)25-28(26,27)16-6-5-11-3-1-2-4-12(11)7-16/h1-10,25H. The molecule has 0 aromatic heterocycles. The van der Waals surface area contributed by atoms with E-state index in [1.165, 1.54) is 18.2 Å². The van der Waals surface area contributed by atoms with E-state index in [-0.39, 0.29) is 11.0 Å². The topological polar surface area (TPSA) is 46.2 Å². The fourth-order valence-electron chi connectivity index (χ4n) is 2.56. The molecular weight excluding hydrogens is 408 g/mol. The maximum Gasteiger partial charge on any atom is 0.416 e. The van der Waals surface area contributed by atoms with Crippen LogP contribution in [0.25, 0.3) is 10.8 Å². The van der Waals surface area contributed by atoms with Crippen LogP contribution in [0.5, 0.6) is 0 Å². The summed E-state index contributed by atoms with van der Waals surface area (Å²) in [7, 11) is -4.41. The largest absolute Gasteiger partial charge is 0.416 e. The van der Waals surface area contributed by atoms with Gasteiger partial charge in [-0.25, -0.2) is 8.42 Å². The monoisotopic (exact) mass is 419 g/mol. The summed E-state index contributed by atoms with van der Waals surface area (Å²) in [5, 5.41) is 1.27. The van der Waals surface area contributed by atoms with Gasteiger partial charge in [-0.05, 0) is 41.1 Å². The van der Waals surface area contributed by atoms with Crippen molar-refractivity contribution >= 4 is 26.5 Å². The molecule has 0 amide bonds. The van der Waals surface area contributed by atoms with E-state index >= 15 is 0 Å². The first-order valence-electron chi connectivity index (χ1n) is 7.67. The molecule has 0 spiro atoms. The van der Waals surface area contributed by atoms with Crippen LogP contribution in [-0.4, -0.2) is 8.42 Å². The molecule has 28 heavy (non-hydrogen) atoms. The fourth-order valence-corrected chi connectivity index (χ4v) is 3.64. The first kappa shape index (κ1) is 20.0. The molecule has 0 unspecified atom stereocenters. The van der Waals surface area contributed by atoms with E-state index in [2.05, 4.69) is 0 Å². The molecule has 3 nitrogen and oxygen atoms in total. The molecule has 3 aromatic rings. The van der Waals surface area contributed by atoms with Gasteiger partial charge >= 0.3 is 12.4 Å². The molecule has 0 aliphatic heterocycles. The summed E-state index contributed by atoms with van der Waals surface area (Å²) in [5.74, 6) is 0. The predicted molar refractivity (Wildman–Crippen MR) is 91.2 cm³/mol. The lowest BCUT2D eigenvalue weighted by molar-refractivity contribution is -0.143. The van der Waals surface area contributed by atoms with Crippen molar-refractivity contribution in [2.45, 2.75) is 17.2 Å². The van der Waals surface area contributed by atoms with Gasteiger partial charge < -0.3 is 0 Å². The van der Waals surface area contributed by atoms with Crippen LogP contribution in [-0.2, 0) is 22.4 Å². The molecule has 0 heterocycles. The minimum Gasteiger partial charge on any atom is -0.280 e. The van der Waals surface area contributed by atoms with Gasteiger partial charge in [0.05, 0.1) is 21.7 Å². The third-order valence-corrected chi connectivity index (χ3v) is 5.25. The third-order valence-electron chi connectivity index (χ3n) is 3.87. The molecular formula is C18H11F6NO2S. The lowest BCUT2D eigenvalue weighted by Gasteiger charge is -2.15. The summed E-state index contributed by atoms with van der Waals surface area (Å²) in [5.41, 5.74) is -4.06. The Morgan fingerprint density at radius 3 is 1.75 bits per heavy atom. The van der Waals surface area contributed by atoms with Crippen molar-refractivity contribution in [2.75, 3.05) is 4.72 Å². The van der Waals surface area contributed by atoms with Crippen LogP contribution in [0.1, 0.15) is 11.1 Å². The summed E-state index contributed by atoms with van der Waals surface area (Å²) in [4.78, 5) is -0.294. The summed E-state index contributed by atoms with van der Waals surface area (Å²) in [6, 6.07) is 11.3. The third kappa shape index (κ3) is 4.22. The number of rotatable bonds is 3. The minimum absolute atomic E-state index is 0.0756. The number of fused-ring (bicyclic) bond motifs is 1. The Morgan fingerprint density at radius 1 is 0.679 bits per heavy atom. The molecule has 0 fully saturated rings. The van der Waals surface area contributed by atoms with Gasteiger partial charge in [0.1, 0.15) is 0 Å². The summed E-state index contributed by atoms with van der Waals surface area (Å²) in [6.07, 6.45) is -10.2. The zero-order valence-electron chi connectivity index (χ0n) is 13.8. The number of sulfonamides is 1. The van der Waals surface area contributed by atoms with Gasteiger partial charge in [0, 0.05) is 0 Å². The van der Waals surface area contributed by atoms with Crippen molar-refractivity contribution in [3.05, 3.63) is 71.8 Å². The molecule has 0 saturated heterocycles. The second kappa shape index (κ2) is 6.69. The Labute approximate surface area is 155 Å². The van der Waals surface area contributed by atoms with E-state index in [9.17, 15) is 34.8 Å². The maximum atomic E-state index is 12.9. The van der Waals surface area contributed by atoms with Gasteiger partial charge in [0.25, 0.3) is 10.0 Å². The lowest BCUT2D eigenvalue weighted by Crippen LogP contribution is -2.16. The van der Waals surface area contributed by atoms with E-state index in [0.717, 1.165) is 5.39 Å². The first-order chi connectivity index (χ1) is 12.9. The zero-order chi connectivity index (χ0) is 20.7. The smallest absolute Gasteiger partial charge is 0.280 e. The number of halogens is 6. The molecule has 148 valence electrons. The van der Waals surface area contributed by atoms with Crippen LogP contribution in [0, 0.1) is 0 Å². The highest BCUT2D eigenvalue weighted by Crippen LogP contribution is 2.38. The second-order valence-electron chi connectivity index (χ2n) is 5.91. The molecule has 0 atom stereocenters. The van der Waals surface area contributed by atoms with Crippen LogP contribution < -0.4 is 4.72 Å². The Hall–Kier alpha value is -2.75.